The molecule has 5 rings (SSSR count). The summed E-state index contributed by atoms with van der Waals surface area (Å²) in [5.74, 6) is 0.176. The summed E-state index contributed by atoms with van der Waals surface area (Å²) in [5, 5.41) is 0.740. The summed E-state index contributed by atoms with van der Waals surface area (Å²) in [6, 6.07) is 14.5. The van der Waals surface area contributed by atoms with Crippen LogP contribution in [0, 0.1) is 13.8 Å². The van der Waals surface area contributed by atoms with Gasteiger partial charge in [-0.25, -0.2) is 15.8 Å². The number of carbonyl (C=O) groups is 1. The van der Waals surface area contributed by atoms with Crippen LogP contribution >= 0.6 is 11.3 Å². The van der Waals surface area contributed by atoms with E-state index in [1.807, 2.05) is 23.1 Å². The number of hydrazine groups is 1. The molecule has 2 unspecified atom stereocenters. The molecule has 3 heterocycles. The number of aromatic nitrogens is 1. The molecule has 2 N–H and O–H groups in total. The van der Waals surface area contributed by atoms with Crippen molar-refractivity contribution >= 4 is 27.5 Å². The molecule has 0 aliphatic carbocycles. The summed E-state index contributed by atoms with van der Waals surface area (Å²) in [6.45, 7) is 5.65. The van der Waals surface area contributed by atoms with Crippen molar-refractivity contribution in [2.75, 3.05) is 13.1 Å². The van der Waals surface area contributed by atoms with Gasteiger partial charge in [0.2, 0.25) is 5.91 Å². The number of carbonyl (C=O) groups excluding carboxylic acids is 1. The van der Waals surface area contributed by atoms with Crippen LogP contribution in [0.15, 0.2) is 42.5 Å². The summed E-state index contributed by atoms with van der Waals surface area (Å²) in [5.41, 5.74) is 11.1. The number of thiazole rings is 1. The lowest BCUT2D eigenvalue weighted by Gasteiger charge is -2.33. The van der Waals surface area contributed by atoms with Crippen molar-refractivity contribution in [1.82, 2.24) is 20.7 Å². The van der Waals surface area contributed by atoms with E-state index in [-0.39, 0.29) is 24.1 Å². The number of fused-ring (bicyclic) bond motifs is 1. The fourth-order valence-electron chi connectivity index (χ4n) is 4.47. The Kier molecular flexibility index (Phi) is 5.65. The van der Waals surface area contributed by atoms with Crippen LogP contribution in [0.2, 0.25) is 0 Å². The number of rotatable bonds is 4. The fraction of sp³-hybridized carbons (Fsp3) is 0.417. The second-order valence-corrected chi connectivity index (χ2v) is 9.50. The van der Waals surface area contributed by atoms with E-state index >= 15 is 0 Å². The van der Waals surface area contributed by atoms with Crippen molar-refractivity contribution in [1.29, 1.82) is 0 Å². The van der Waals surface area contributed by atoms with Gasteiger partial charge in [-0.2, -0.15) is 0 Å². The molecule has 0 spiro atoms. The highest BCUT2D eigenvalue weighted by Crippen LogP contribution is 2.34. The van der Waals surface area contributed by atoms with E-state index in [1.54, 1.807) is 11.3 Å². The quantitative estimate of drug-likeness (QED) is 0.650. The summed E-state index contributed by atoms with van der Waals surface area (Å²) in [4.78, 5) is 19.7. The smallest absolute Gasteiger partial charge is 0.274 e. The summed E-state index contributed by atoms with van der Waals surface area (Å²) in [7, 11) is 0. The number of hydrogen-bond donors (Lipinski definition) is 2. The average molecular weight is 437 g/mol. The lowest BCUT2D eigenvalue weighted by Crippen LogP contribution is -2.49. The van der Waals surface area contributed by atoms with E-state index in [4.69, 9.17) is 9.72 Å². The van der Waals surface area contributed by atoms with Gasteiger partial charge in [0.1, 0.15) is 12.1 Å². The largest absolute Gasteiger partial charge is 0.467 e. The third-order valence-electron chi connectivity index (χ3n) is 6.35. The molecular weight excluding hydrogens is 408 g/mol. The molecule has 1 aromatic heterocycles. The Morgan fingerprint density at radius 2 is 1.81 bits per heavy atom. The van der Waals surface area contributed by atoms with Crippen LogP contribution in [0.4, 0.5) is 0 Å². The average Bonchev–Trinajstić information content (AvgIpc) is 3.45. The minimum absolute atomic E-state index is 0.108. The number of ether oxygens (including phenoxy) is 1. The van der Waals surface area contributed by atoms with E-state index in [0.29, 0.717) is 0 Å². The first-order chi connectivity index (χ1) is 15.1. The molecule has 0 bridgehead atoms. The van der Waals surface area contributed by atoms with Crippen molar-refractivity contribution in [2.45, 2.75) is 51.3 Å². The van der Waals surface area contributed by atoms with Crippen LogP contribution in [0.3, 0.4) is 0 Å². The van der Waals surface area contributed by atoms with Crippen molar-refractivity contribution in [2.24, 2.45) is 0 Å². The van der Waals surface area contributed by atoms with Gasteiger partial charge in [-0.05, 0) is 37.0 Å². The lowest BCUT2D eigenvalue weighted by atomic mass is 10.0. The first kappa shape index (κ1) is 20.4. The molecule has 2 saturated heterocycles. The minimum atomic E-state index is -0.183. The van der Waals surface area contributed by atoms with Gasteiger partial charge >= 0.3 is 0 Å². The molecule has 2 aliphatic rings. The Morgan fingerprint density at radius 3 is 2.55 bits per heavy atom. The monoisotopic (exact) mass is 436 g/mol. The van der Waals surface area contributed by atoms with Crippen LogP contribution in [0.5, 0.6) is 5.19 Å². The molecule has 2 aliphatic heterocycles. The van der Waals surface area contributed by atoms with Crippen LogP contribution < -0.4 is 15.6 Å². The van der Waals surface area contributed by atoms with E-state index in [9.17, 15) is 4.79 Å². The highest BCUT2D eigenvalue weighted by Gasteiger charge is 2.34. The summed E-state index contributed by atoms with van der Waals surface area (Å²) < 4.78 is 7.42. The van der Waals surface area contributed by atoms with Crippen molar-refractivity contribution < 1.29 is 9.53 Å². The number of aryl methyl sites for hydroxylation is 2. The zero-order valence-corrected chi connectivity index (χ0v) is 18.7. The molecule has 162 valence electrons. The fourth-order valence-corrected chi connectivity index (χ4v) is 5.50. The Labute approximate surface area is 186 Å². The van der Waals surface area contributed by atoms with Gasteiger partial charge in [-0.15, -0.1) is 0 Å². The normalized spacial score (nSPS) is 22.2. The second-order valence-electron chi connectivity index (χ2n) is 8.54. The minimum Gasteiger partial charge on any atom is -0.467 e. The molecule has 31 heavy (non-hydrogen) atoms. The highest BCUT2D eigenvalue weighted by atomic mass is 32.1. The van der Waals surface area contributed by atoms with Crippen molar-refractivity contribution in [3.05, 3.63) is 59.2 Å². The predicted molar refractivity (Wildman–Crippen MR) is 123 cm³/mol. The molecule has 7 heteroatoms. The van der Waals surface area contributed by atoms with Gasteiger partial charge in [0, 0.05) is 32.0 Å². The zero-order valence-electron chi connectivity index (χ0n) is 17.9. The maximum atomic E-state index is 13.0. The van der Waals surface area contributed by atoms with Gasteiger partial charge in [-0.3, -0.25) is 4.79 Å². The van der Waals surface area contributed by atoms with E-state index in [0.717, 1.165) is 43.1 Å². The van der Waals surface area contributed by atoms with E-state index in [2.05, 4.69) is 49.0 Å². The molecular formula is C24H28N4O2S. The maximum Gasteiger partial charge on any atom is 0.274 e. The zero-order chi connectivity index (χ0) is 21.4. The molecule has 0 radical (unpaired) electrons. The van der Waals surface area contributed by atoms with Gasteiger partial charge in [0.25, 0.3) is 5.19 Å². The van der Waals surface area contributed by atoms with Crippen LogP contribution in [-0.2, 0) is 4.79 Å². The van der Waals surface area contributed by atoms with Crippen LogP contribution in [-0.4, -0.2) is 41.0 Å². The van der Waals surface area contributed by atoms with Gasteiger partial charge < -0.3 is 9.64 Å². The third kappa shape index (κ3) is 4.18. The molecule has 0 saturated carbocycles. The Morgan fingerprint density at radius 1 is 1.06 bits per heavy atom. The van der Waals surface area contributed by atoms with E-state index < -0.39 is 0 Å². The molecule has 2 aromatic carbocycles. The van der Waals surface area contributed by atoms with Crippen LogP contribution in [0.25, 0.3) is 10.2 Å². The van der Waals surface area contributed by atoms with Gasteiger partial charge in [-0.1, -0.05) is 53.8 Å². The third-order valence-corrected chi connectivity index (χ3v) is 7.43. The topological polar surface area (TPSA) is 66.5 Å². The second kappa shape index (κ2) is 8.57. The number of hydrogen-bond acceptors (Lipinski definition) is 6. The number of nitrogens with zero attached hydrogens (tertiary/aromatic N) is 2. The SMILES string of the molecule is Cc1ccc(C)c2sc(OC3CCN(C(=O)C4CC(c5ccccc5)NN4)CC3)nc12. The Bertz CT molecular complexity index is 1040. The van der Waals surface area contributed by atoms with Crippen molar-refractivity contribution in [3.63, 3.8) is 0 Å². The molecule has 2 fully saturated rings. The van der Waals surface area contributed by atoms with E-state index in [1.165, 1.54) is 21.4 Å². The van der Waals surface area contributed by atoms with Crippen LogP contribution in [0.1, 0.15) is 42.0 Å². The lowest BCUT2D eigenvalue weighted by molar-refractivity contribution is -0.135. The van der Waals surface area contributed by atoms with Crippen molar-refractivity contribution in [3.8, 4) is 5.19 Å². The Balaban J connectivity index is 1.16. The molecule has 3 aromatic rings. The summed E-state index contributed by atoms with van der Waals surface area (Å²) >= 11 is 1.63. The molecule has 6 nitrogen and oxygen atoms in total. The molecule has 2 atom stereocenters. The van der Waals surface area contributed by atoms with Gasteiger partial charge in [0.15, 0.2) is 0 Å². The number of amides is 1. The number of benzene rings is 2. The summed E-state index contributed by atoms with van der Waals surface area (Å²) in [6.07, 6.45) is 2.55. The first-order valence-electron chi connectivity index (χ1n) is 11.0. The predicted octanol–water partition coefficient (Wildman–Crippen LogP) is 3.89. The first-order valence-corrected chi connectivity index (χ1v) is 11.8. The standard InChI is InChI=1S/C24H28N4O2S/c1-15-8-9-16(2)22-21(15)25-24(31-22)30-18-10-12-28(13-11-18)23(29)20-14-19(26-27-20)17-6-4-3-5-7-17/h3-9,18-20,26-27H,10-14H2,1-2H3. The Hall–Kier alpha value is -2.48. The number of likely N-dealkylation sites (tertiary alicyclic amines) is 1. The molecule has 1 amide bonds. The maximum absolute atomic E-state index is 13.0. The highest BCUT2D eigenvalue weighted by molar-refractivity contribution is 7.20. The number of piperidine rings is 1. The number of nitrogens with one attached hydrogen (secondary N) is 2. The van der Waals surface area contributed by atoms with Gasteiger partial charge in [0.05, 0.1) is 10.2 Å².